The normalized spacial score (nSPS) is 33.5. The summed E-state index contributed by atoms with van der Waals surface area (Å²) in [5.41, 5.74) is -0.357. The molecule has 1 saturated carbocycles. The Bertz CT molecular complexity index is 306. The van der Waals surface area contributed by atoms with Crippen LogP contribution in [0.3, 0.4) is 0 Å². The van der Waals surface area contributed by atoms with Gasteiger partial charge in [-0.3, -0.25) is 4.79 Å². The van der Waals surface area contributed by atoms with Crippen molar-refractivity contribution in [3.05, 3.63) is 0 Å². The molecule has 1 heterocycles. The number of halogens is 1. The second kappa shape index (κ2) is 8.20. The van der Waals surface area contributed by atoms with Crippen LogP contribution in [0.4, 0.5) is 0 Å². The number of amides is 1. The number of nitrogens with one attached hydrogen (secondary N) is 2. The minimum absolute atomic E-state index is 0. The standard InChI is InChI=1S/C15H28N2O2.ClH/c1-15(9-5-11-17-15)14(19)16-10-4-7-12-6-2-3-8-13(12)18;/h12-13,17-18H,2-11H2,1H3,(H,16,19);1H. The molecule has 0 radical (unpaired) electrons. The maximum Gasteiger partial charge on any atom is 0.240 e. The smallest absolute Gasteiger partial charge is 0.240 e. The van der Waals surface area contributed by atoms with Crippen LogP contribution in [0.15, 0.2) is 0 Å². The van der Waals surface area contributed by atoms with E-state index in [0.29, 0.717) is 5.92 Å². The van der Waals surface area contributed by atoms with Crippen molar-refractivity contribution in [3.63, 3.8) is 0 Å². The minimum Gasteiger partial charge on any atom is -0.393 e. The molecule has 1 aliphatic heterocycles. The van der Waals surface area contributed by atoms with E-state index in [0.717, 1.165) is 51.6 Å². The molecule has 118 valence electrons. The highest BCUT2D eigenvalue weighted by Crippen LogP contribution is 2.27. The quantitative estimate of drug-likeness (QED) is 0.681. The van der Waals surface area contributed by atoms with Crippen molar-refractivity contribution in [2.45, 2.75) is 69.9 Å². The molecule has 0 spiro atoms. The van der Waals surface area contributed by atoms with Crippen molar-refractivity contribution in [1.29, 1.82) is 0 Å². The third-order valence-corrected chi connectivity index (χ3v) is 4.78. The van der Waals surface area contributed by atoms with Crippen LogP contribution in [0, 0.1) is 5.92 Å². The summed E-state index contributed by atoms with van der Waals surface area (Å²) >= 11 is 0. The zero-order chi connectivity index (χ0) is 13.7. The van der Waals surface area contributed by atoms with Crippen molar-refractivity contribution in [3.8, 4) is 0 Å². The fourth-order valence-electron chi connectivity index (χ4n) is 3.37. The van der Waals surface area contributed by atoms with E-state index in [9.17, 15) is 9.90 Å². The zero-order valence-electron chi connectivity index (χ0n) is 12.5. The molecule has 0 aromatic heterocycles. The maximum absolute atomic E-state index is 12.1. The Morgan fingerprint density at radius 1 is 1.35 bits per heavy atom. The van der Waals surface area contributed by atoms with E-state index in [1.54, 1.807) is 0 Å². The molecule has 2 aliphatic rings. The molecule has 2 fully saturated rings. The summed E-state index contributed by atoms with van der Waals surface area (Å²) in [6.07, 6.45) is 8.42. The van der Waals surface area contributed by atoms with Gasteiger partial charge in [-0.2, -0.15) is 0 Å². The first-order valence-electron chi connectivity index (χ1n) is 7.83. The lowest BCUT2D eigenvalue weighted by molar-refractivity contribution is -0.126. The van der Waals surface area contributed by atoms with E-state index in [-0.39, 0.29) is 30.0 Å². The number of aliphatic hydroxyl groups is 1. The van der Waals surface area contributed by atoms with Gasteiger partial charge in [0, 0.05) is 6.54 Å². The maximum atomic E-state index is 12.1. The first-order chi connectivity index (χ1) is 9.12. The van der Waals surface area contributed by atoms with Gasteiger partial charge in [0.15, 0.2) is 0 Å². The topological polar surface area (TPSA) is 61.4 Å². The molecule has 0 aromatic rings. The lowest BCUT2D eigenvalue weighted by atomic mass is 9.83. The van der Waals surface area contributed by atoms with Gasteiger partial charge in [0.05, 0.1) is 11.6 Å². The summed E-state index contributed by atoms with van der Waals surface area (Å²) in [4.78, 5) is 12.1. The second-order valence-electron chi connectivity index (χ2n) is 6.37. The highest BCUT2D eigenvalue weighted by atomic mass is 35.5. The van der Waals surface area contributed by atoms with E-state index in [4.69, 9.17) is 0 Å². The summed E-state index contributed by atoms with van der Waals surface area (Å²) in [6, 6.07) is 0. The minimum atomic E-state index is -0.357. The molecule has 1 saturated heterocycles. The lowest BCUT2D eigenvalue weighted by Crippen LogP contribution is -2.51. The van der Waals surface area contributed by atoms with Gasteiger partial charge in [0.2, 0.25) is 5.91 Å². The Morgan fingerprint density at radius 3 is 2.75 bits per heavy atom. The van der Waals surface area contributed by atoms with Crippen molar-refractivity contribution < 1.29 is 9.90 Å². The molecule has 4 nitrogen and oxygen atoms in total. The van der Waals surface area contributed by atoms with Gasteiger partial charge in [0.1, 0.15) is 0 Å². The lowest BCUT2D eigenvalue weighted by Gasteiger charge is -2.28. The van der Waals surface area contributed by atoms with E-state index in [1.807, 2.05) is 6.92 Å². The molecule has 2 rings (SSSR count). The highest BCUT2D eigenvalue weighted by Gasteiger charge is 2.35. The number of aliphatic hydroxyl groups excluding tert-OH is 1. The van der Waals surface area contributed by atoms with Gasteiger partial charge in [0.25, 0.3) is 0 Å². The molecular weight excluding hydrogens is 276 g/mol. The summed E-state index contributed by atoms with van der Waals surface area (Å²) in [7, 11) is 0. The third-order valence-electron chi connectivity index (χ3n) is 4.78. The van der Waals surface area contributed by atoms with Gasteiger partial charge >= 0.3 is 0 Å². The first kappa shape index (κ1) is 17.7. The Labute approximate surface area is 128 Å². The molecule has 5 heteroatoms. The molecule has 20 heavy (non-hydrogen) atoms. The molecule has 0 aromatic carbocycles. The van der Waals surface area contributed by atoms with E-state index in [1.165, 1.54) is 12.8 Å². The summed E-state index contributed by atoms with van der Waals surface area (Å²) in [6.45, 7) is 3.66. The van der Waals surface area contributed by atoms with Crippen LogP contribution < -0.4 is 10.6 Å². The van der Waals surface area contributed by atoms with Crippen LogP contribution >= 0.6 is 12.4 Å². The average molecular weight is 305 g/mol. The number of rotatable bonds is 5. The van der Waals surface area contributed by atoms with Crippen molar-refractivity contribution in [2.75, 3.05) is 13.1 Å². The van der Waals surface area contributed by atoms with Gasteiger partial charge in [-0.15, -0.1) is 12.4 Å². The Morgan fingerprint density at radius 2 is 2.10 bits per heavy atom. The zero-order valence-corrected chi connectivity index (χ0v) is 13.3. The van der Waals surface area contributed by atoms with Crippen LogP contribution in [0.1, 0.15) is 58.3 Å². The molecular formula is C15H29ClN2O2. The highest BCUT2D eigenvalue weighted by molar-refractivity contribution is 5.86. The van der Waals surface area contributed by atoms with Crippen molar-refractivity contribution in [2.24, 2.45) is 5.92 Å². The number of carbonyl (C=O) groups is 1. The Hall–Kier alpha value is -0.320. The van der Waals surface area contributed by atoms with Gasteiger partial charge in [-0.1, -0.05) is 12.8 Å². The first-order valence-corrected chi connectivity index (χ1v) is 7.83. The second-order valence-corrected chi connectivity index (χ2v) is 6.37. The van der Waals surface area contributed by atoms with Crippen LogP contribution in [-0.2, 0) is 4.79 Å². The van der Waals surface area contributed by atoms with E-state index < -0.39 is 0 Å². The number of hydrogen-bond acceptors (Lipinski definition) is 3. The van der Waals surface area contributed by atoms with Gasteiger partial charge in [-0.25, -0.2) is 0 Å². The molecule has 0 bridgehead atoms. The SMILES string of the molecule is CC1(C(=O)NCCCC2CCCCC2O)CCCN1.Cl. The summed E-state index contributed by atoms with van der Waals surface area (Å²) < 4.78 is 0. The van der Waals surface area contributed by atoms with Gasteiger partial charge in [-0.05, 0) is 57.9 Å². The third kappa shape index (κ3) is 4.61. The van der Waals surface area contributed by atoms with Crippen LogP contribution in [-0.4, -0.2) is 35.7 Å². The predicted molar refractivity (Wildman–Crippen MR) is 83.1 cm³/mol. The average Bonchev–Trinajstić information content (AvgIpc) is 2.84. The Kier molecular flexibility index (Phi) is 7.27. The number of carbonyl (C=O) groups excluding carboxylic acids is 1. The van der Waals surface area contributed by atoms with Crippen molar-refractivity contribution >= 4 is 18.3 Å². The number of hydrogen-bond donors (Lipinski definition) is 3. The van der Waals surface area contributed by atoms with Crippen LogP contribution in [0.5, 0.6) is 0 Å². The fourth-order valence-corrected chi connectivity index (χ4v) is 3.37. The fraction of sp³-hybridized carbons (Fsp3) is 0.933. The monoisotopic (exact) mass is 304 g/mol. The predicted octanol–water partition coefficient (Wildman–Crippen LogP) is 2.00. The molecule has 3 unspecified atom stereocenters. The van der Waals surface area contributed by atoms with Crippen LogP contribution in [0.2, 0.25) is 0 Å². The molecule has 1 amide bonds. The largest absolute Gasteiger partial charge is 0.393 e. The van der Waals surface area contributed by atoms with E-state index >= 15 is 0 Å². The summed E-state index contributed by atoms with van der Waals surface area (Å²) in [5.74, 6) is 0.583. The van der Waals surface area contributed by atoms with Crippen LogP contribution in [0.25, 0.3) is 0 Å². The van der Waals surface area contributed by atoms with Gasteiger partial charge < -0.3 is 15.7 Å². The van der Waals surface area contributed by atoms with Crippen molar-refractivity contribution in [1.82, 2.24) is 10.6 Å². The Balaban J connectivity index is 0.00000200. The molecule has 3 N–H and O–H groups in total. The molecule has 1 aliphatic carbocycles. The van der Waals surface area contributed by atoms with E-state index in [2.05, 4.69) is 10.6 Å². The molecule has 3 atom stereocenters. The summed E-state index contributed by atoms with van der Waals surface area (Å²) in [5, 5.41) is 16.2.